The lowest BCUT2D eigenvalue weighted by Gasteiger charge is -2.38. The zero-order chi connectivity index (χ0) is 15.5. The van der Waals surface area contributed by atoms with Gasteiger partial charge in [0.15, 0.2) is 0 Å². The van der Waals surface area contributed by atoms with Crippen molar-refractivity contribution in [1.29, 1.82) is 0 Å². The summed E-state index contributed by atoms with van der Waals surface area (Å²) in [5, 5.41) is 3.23. The number of nitrogens with zero attached hydrogens (tertiary/aromatic N) is 1. The monoisotopic (exact) mass is 310 g/mol. The molecule has 0 spiro atoms. The molecule has 1 aliphatic rings. The molecule has 5 heteroatoms. The smallest absolute Gasteiger partial charge is 0.245 e. The largest absolute Gasteiger partial charge is 0.384 e. The Morgan fingerprint density at radius 2 is 1.81 bits per heavy atom. The predicted octanol–water partition coefficient (Wildman–Crippen LogP) is 3.46. The van der Waals surface area contributed by atoms with E-state index in [4.69, 9.17) is 0 Å². The molecular formula is C16H26N2O2S. The number of nitrogens with one attached hydrogen (secondary N) is 1. The minimum Gasteiger partial charge on any atom is -0.384 e. The molecule has 1 aromatic carbocycles. The van der Waals surface area contributed by atoms with Crippen molar-refractivity contribution in [3.63, 3.8) is 0 Å². The minimum absolute atomic E-state index is 0.0676. The quantitative estimate of drug-likeness (QED) is 0.906. The van der Waals surface area contributed by atoms with Crippen LogP contribution < -0.4 is 5.32 Å². The van der Waals surface area contributed by atoms with Crippen LogP contribution in [0.25, 0.3) is 0 Å². The van der Waals surface area contributed by atoms with Crippen LogP contribution in [0.5, 0.6) is 0 Å². The second-order valence-corrected chi connectivity index (χ2v) is 7.70. The lowest BCUT2D eigenvalue weighted by Crippen LogP contribution is -2.47. The van der Waals surface area contributed by atoms with Gasteiger partial charge in [-0.05, 0) is 45.2 Å². The molecule has 0 unspecified atom stereocenters. The molecule has 1 aromatic rings. The zero-order valence-electron chi connectivity index (χ0n) is 13.2. The van der Waals surface area contributed by atoms with E-state index in [1.165, 1.54) is 0 Å². The Balaban J connectivity index is 2.39. The van der Waals surface area contributed by atoms with Crippen molar-refractivity contribution < 1.29 is 8.42 Å². The summed E-state index contributed by atoms with van der Waals surface area (Å²) in [4.78, 5) is 0.402. The molecule has 2 atom stereocenters. The van der Waals surface area contributed by atoms with Crippen LogP contribution in [0, 0.1) is 0 Å². The Labute approximate surface area is 128 Å². The first-order chi connectivity index (χ1) is 9.98. The Bertz CT molecular complexity index is 561. The van der Waals surface area contributed by atoms with Crippen molar-refractivity contribution in [2.24, 2.45) is 0 Å². The molecule has 21 heavy (non-hydrogen) atoms. The van der Waals surface area contributed by atoms with Gasteiger partial charge in [0.2, 0.25) is 10.0 Å². The SMILES string of the molecule is CCCNc1ccccc1S(=O)(=O)N1[C@H](C)CCC[C@@H]1C. The first-order valence-electron chi connectivity index (χ1n) is 7.85. The third kappa shape index (κ3) is 3.40. The highest BCUT2D eigenvalue weighted by atomic mass is 32.2. The van der Waals surface area contributed by atoms with Gasteiger partial charge >= 0.3 is 0 Å². The summed E-state index contributed by atoms with van der Waals surface area (Å²) >= 11 is 0. The number of benzene rings is 1. The van der Waals surface area contributed by atoms with Crippen LogP contribution in [0.2, 0.25) is 0 Å². The van der Waals surface area contributed by atoms with E-state index >= 15 is 0 Å². The van der Waals surface area contributed by atoms with Gasteiger partial charge in [-0.15, -0.1) is 0 Å². The third-order valence-corrected chi connectivity index (χ3v) is 6.31. The van der Waals surface area contributed by atoms with Gasteiger partial charge in [-0.2, -0.15) is 4.31 Å². The number of piperidine rings is 1. The average Bonchev–Trinajstić information content (AvgIpc) is 2.45. The third-order valence-electron chi connectivity index (χ3n) is 4.12. The number of hydrogen-bond acceptors (Lipinski definition) is 3. The summed E-state index contributed by atoms with van der Waals surface area (Å²) in [5.41, 5.74) is 0.712. The van der Waals surface area contributed by atoms with Crippen LogP contribution in [0.4, 0.5) is 5.69 Å². The summed E-state index contributed by atoms with van der Waals surface area (Å²) in [7, 11) is -3.45. The summed E-state index contributed by atoms with van der Waals surface area (Å²) < 4.78 is 27.9. The van der Waals surface area contributed by atoms with E-state index in [9.17, 15) is 8.42 Å². The maximum Gasteiger partial charge on any atom is 0.245 e. The Morgan fingerprint density at radius 3 is 2.43 bits per heavy atom. The molecule has 1 fully saturated rings. The van der Waals surface area contributed by atoms with Gasteiger partial charge in [-0.25, -0.2) is 8.42 Å². The zero-order valence-corrected chi connectivity index (χ0v) is 14.0. The first-order valence-corrected chi connectivity index (χ1v) is 9.29. The molecule has 118 valence electrons. The van der Waals surface area contributed by atoms with Gasteiger partial charge in [-0.1, -0.05) is 25.5 Å². The van der Waals surface area contributed by atoms with Crippen LogP contribution in [-0.4, -0.2) is 31.4 Å². The average molecular weight is 310 g/mol. The maximum atomic E-state index is 13.1. The number of hydrogen-bond donors (Lipinski definition) is 1. The van der Waals surface area contributed by atoms with E-state index < -0.39 is 10.0 Å². The first kappa shape index (κ1) is 16.3. The van der Waals surface area contributed by atoms with Gasteiger partial charge in [-0.3, -0.25) is 0 Å². The molecule has 1 heterocycles. The number of anilines is 1. The van der Waals surface area contributed by atoms with E-state index in [0.717, 1.165) is 32.2 Å². The van der Waals surface area contributed by atoms with Gasteiger partial charge in [0.25, 0.3) is 0 Å². The van der Waals surface area contributed by atoms with Crippen LogP contribution in [0.3, 0.4) is 0 Å². The van der Waals surface area contributed by atoms with Crippen molar-refractivity contribution in [2.45, 2.75) is 63.4 Å². The van der Waals surface area contributed by atoms with E-state index in [2.05, 4.69) is 12.2 Å². The van der Waals surface area contributed by atoms with Crippen LogP contribution in [-0.2, 0) is 10.0 Å². The molecule has 4 nitrogen and oxygen atoms in total. The molecule has 0 bridgehead atoms. The second-order valence-electron chi connectivity index (χ2n) is 5.89. The van der Waals surface area contributed by atoms with Gasteiger partial charge in [0.1, 0.15) is 4.90 Å². The molecule has 1 aliphatic heterocycles. The molecule has 0 saturated carbocycles. The Kier molecular flexibility index (Phi) is 5.27. The highest BCUT2D eigenvalue weighted by Gasteiger charge is 2.36. The molecule has 0 aromatic heterocycles. The normalized spacial score (nSPS) is 24.0. The minimum atomic E-state index is -3.45. The number of rotatable bonds is 5. The summed E-state index contributed by atoms with van der Waals surface area (Å²) in [6.07, 6.45) is 3.94. The van der Waals surface area contributed by atoms with Crippen LogP contribution >= 0.6 is 0 Å². The molecule has 2 rings (SSSR count). The topological polar surface area (TPSA) is 49.4 Å². The van der Waals surface area contributed by atoms with Gasteiger partial charge in [0, 0.05) is 18.6 Å². The van der Waals surface area contributed by atoms with E-state index in [1.807, 2.05) is 26.0 Å². The fourth-order valence-electron chi connectivity index (χ4n) is 3.08. The molecule has 0 amide bonds. The van der Waals surface area contributed by atoms with Crippen molar-refractivity contribution >= 4 is 15.7 Å². The molecule has 1 saturated heterocycles. The summed E-state index contributed by atoms with van der Waals surface area (Å²) in [6.45, 7) is 6.86. The Morgan fingerprint density at radius 1 is 1.19 bits per heavy atom. The molecule has 0 aliphatic carbocycles. The van der Waals surface area contributed by atoms with Crippen molar-refractivity contribution in [3.05, 3.63) is 24.3 Å². The molecular weight excluding hydrogens is 284 g/mol. The lowest BCUT2D eigenvalue weighted by molar-refractivity contribution is 0.204. The number of para-hydroxylation sites is 1. The standard InChI is InChI=1S/C16H26N2O2S/c1-4-12-17-15-10-5-6-11-16(15)21(19,20)18-13(2)8-7-9-14(18)3/h5-6,10-11,13-14,17H,4,7-9,12H2,1-3H3/t13-,14+. The van der Waals surface area contributed by atoms with Crippen LogP contribution in [0.15, 0.2) is 29.2 Å². The van der Waals surface area contributed by atoms with Crippen LogP contribution in [0.1, 0.15) is 46.5 Å². The molecule has 1 N–H and O–H groups in total. The highest BCUT2D eigenvalue weighted by molar-refractivity contribution is 7.89. The van der Waals surface area contributed by atoms with Crippen molar-refractivity contribution in [3.8, 4) is 0 Å². The maximum absolute atomic E-state index is 13.1. The van der Waals surface area contributed by atoms with Crippen molar-refractivity contribution in [2.75, 3.05) is 11.9 Å². The second kappa shape index (κ2) is 6.79. The van der Waals surface area contributed by atoms with E-state index in [-0.39, 0.29) is 12.1 Å². The van der Waals surface area contributed by atoms with Gasteiger partial charge < -0.3 is 5.32 Å². The highest BCUT2D eigenvalue weighted by Crippen LogP contribution is 2.32. The van der Waals surface area contributed by atoms with Crippen molar-refractivity contribution in [1.82, 2.24) is 4.31 Å². The lowest BCUT2D eigenvalue weighted by atomic mass is 10.0. The fourth-order valence-corrected chi connectivity index (χ4v) is 5.14. The molecule has 0 radical (unpaired) electrons. The predicted molar refractivity (Wildman–Crippen MR) is 87.0 cm³/mol. The fraction of sp³-hybridized carbons (Fsp3) is 0.625. The Hall–Kier alpha value is -1.07. The van der Waals surface area contributed by atoms with E-state index in [1.54, 1.807) is 16.4 Å². The van der Waals surface area contributed by atoms with Gasteiger partial charge in [0.05, 0.1) is 5.69 Å². The number of sulfonamides is 1. The van der Waals surface area contributed by atoms with E-state index in [0.29, 0.717) is 10.6 Å². The summed E-state index contributed by atoms with van der Waals surface area (Å²) in [5.74, 6) is 0. The summed E-state index contributed by atoms with van der Waals surface area (Å²) in [6, 6.07) is 7.36.